The summed E-state index contributed by atoms with van der Waals surface area (Å²) < 4.78 is 0. The van der Waals surface area contributed by atoms with Gasteiger partial charge >= 0.3 is 0 Å². The number of hydrogen-bond acceptors (Lipinski definition) is 3. The molecule has 2 N–H and O–H groups in total. The van der Waals surface area contributed by atoms with E-state index < -0.39 is 0 Å². The highest BCUT2D eigenvalue weighted by molar-refractivity contribution is 7.99. The van der Waals surface area contributed by atoms with Crippen LogP contribution in [0.3, 0.4) is 0 Å². The smallest absolute Gasteiger partial charge is 0.0482 e. The van der Waals surface area contributed by atoms with Crippen molar-refractivity contribution in [1.29, 1.82) is 0 Å². The predicted octanol–water partition coefficient (Wildman–Crippen LogP) is 2.63. The lowest BCUT2D eigenvalue weighted by Gasteiger charge is -2.20. The largest absolute Gasteiger partial charge is 0.383 e. The molecule has 0 aliphatic carbocycles. The second-order valence-corrected chi connectivity index (χ2v) is 5.32. The van der Waals surface area contributed by atoms with Gasteiger partial charge in [0.25, 0.3) is 0 Å². The van der Waals surface area contributed by atoms with E-state index >= 15 is 0 Å². The van der Waals surface area contributed by atoms with Gasteiger partial charge in [0.1, 0.15) is 0 Å². The summed E-state index contributed by atoms with van der Waals surface area (Å²) in [5.74, 6) is 1.19. The SMILES string of the molecule is c1cc2c(cc1C1CCCN1)NCCS2. The third-order valence-corrected chi connectivity index (χ3v) is 4.22. The van der Waals surface area contributed by atoms with Crippen molar-refractivity contribution in [2.45, 2.75) is 23.8 Å². The Morgan fingerprint density at radius 3 is 3.13 bits per heavy atom. The molecule has 0 saturated carbocycles. The molecule has 80 valence electrons. The van der Waals surface area contributed by atoms with Crippen LogP contribution in [0.15, 0.2) is 23.1 Å². The maximum Gasteiger partial charge on any atom is 0.0482 e. The van der Waals surface area contributed by atoms with Crippen molar-refractivity contribution in [3.63, 3.8) is 0 Å². The summed E-state index contributed by atoms with van der Waals surface area (Å²) in [5, 5.41) is 7.02. The van der Waals surface area contributed by atoms with Gasteiger partial charge < -0.3 is 10.6 Å². The highest BCUT2D eigenvalue weighted by Gasteiger charge is 2.18. The third kappa shape index (κ3) is 1.86. The Hall–Kier alpha value is -0.670. The minimum absolute atomic E-state index is 0.587. The van der Waals surface area contributed by atoms with Crippen LogP contribution in [0.1, 0.15) is 24.4 Å². The zero-order valence-electron chi connectivity index (χ0n) is 8.75. The van der Waals surface area contributed by atoms with E-state index in [1.165, 1.54) is 41.3 Å². The molecule has 3 heteroatoms. The molecule has 0 bridgehead atoms. The van der Waals surface area contributed by atoms with E-state index in [1.54, 1.807) is 0 Å². The molecule has 2 heterocycles. The summed E-state index contributed by atoms with van der Waals surface area (Å²) in [6.07, 6.45) is 2.59. The number of nitrogens with one attached hydrogen (secondary N) is 2. The average Bonchev–Trinajstić information content (AvgIpc) is 2.82. The van der Waals surface area contributed by atoms with Gasteiger partial charge in [-0.3, -0.25) is 0 Å². The summed E-state index contributed by atoms with van der Waals surface area (Å²) in [5.41, 5.74) is 2.78. The molecule has 2 aliphatic heterocycles. The van der Waals surface area contributed by atoms with Gasteiger partial charge in [0.05, 0.1) is 0 Å². The van der Waals surface area contributed by atoms with Crippen molar-refractivity contribution < 1.29 is 0 Å². The second kappa shape index (κ2) is 4.06. The Kier molecular flexibility index (Phi) is 2.59. The maximum atomic E-state index is 3.55. The van der Waals surface area contributed by atoms with Crippen LogP contribution in [0.4, 0.5) is 5.69 Å². The van der Waals surface area contributed by atoms with Gasteiger partial charge in [-0.2, -0.15) is 0 Å². The molecule has 0 amide bonds. The van der Waals surface area contributed by atoms with Crippen LogP contribution in [0, 0.1) is 0 Å². The van der Waals surface area contributed by atoms with Gasteiger partial charge in [-0.15, -0.1) is 11.8 Å². The number of rotatable bonds is 1. The van der Waals surface area contributed by atoms with Crippen LogP contribution in [-0.2, 0) is 0 Å². The van der Waals surface area contributed by atoms with E-state index in [9.17, 15) is 0 Å². The summed E-state index contributed by atoms with van der Waals surface area (Å²) in [6, 6.07) is 7.46. The van der Waals surface area contributed by atoms with Crippen LogP contribution in [0.25, 0.3) is 0 Å². The van der Waals surface area contributed by atoms with E-state index in [-0.39, 0.29) is 0 Å². The monoisotopic (exact) mass is 220 g/mol. The fourth-order valence-corrected chi connectivity index (χ4v) is 3.22. The van der Waals surface area contributed by atoms with E-state index in [0.29, 0.717) is 6.04 Å². The molecule has 0 spiro atoms. The topological polar surface area (TPSA) is 24.1 Å². The molecule has 1 aromatic carbocycles. The van der Waals surface area contributed by atoms with Gasteiger partial charge in [-0.25, -0.2) is 0 Å². The van der Waals surface area contributed by atoms with E-state index in [0.717, 1.165) is 6.54 Å². The van der Waals surface area contributed by atoms with Crippen LogP contribution in [0.2, 0.25) is 0 Å². The minimum Gasteiger partial charge on any atom is -0.383 e. The third-order valence-electron chi connectivity index (χ3n) is 3.14. The van der Waals surface area contributed by atoms with Gasteiger partial charge in [0, 0.05) is 28.9 Å². The lowest BCUT2D eigenvalue weighted by molar-refractivity contribution is 0.647. The van der Waals surface area contributed by atoms with Crippen molar-refractivity contribution >= 4 is 17.4 Å². The summed E-state index contributed by atoms with van der Waals surface area (Å²) in [4.78, 5) is 1.41. The quantitative estimate of drug-likeness (QED) is 0.761. The molecule has 0 aromatic heterocycles. The van der Waals surface area contributed by atoms with E-state index in [4.69, 9.17) is 0 Å². The summed E-state index contributed by atoms with van der Waals surface area (Å²) in [6.45, 7) is 2.27. The fraction of sp³-hybridized carbons (Fsp3) is 0.500. The lowest BCUT2D eigenvalue weighted by atomic mass is 10.0. The molecule has 2 aliphatic rings. The maximum absolute atomic E-state index is 3.55. The second-order valence-electron chi connectivity index (χ2n) is 4.18. The molecule has 1 unspecified atom stereocenters. The Morgan fingerprint density at radius 1 is 1.27 bits per heavy atom. The normalized spacial score (nSPS) is 24.7. The summed E-state index contributed by atoms with van der Waals surface area (Å²) in [7, 11) is 0. The highest BCUT2D eigenvalue weighted by atomic mass is 32.2. The first-order valence-electron chi connectivity index (χ1n) is 5.67. The predicted molar refractivity (Wildman–Crippen MR) is 65.6 cm³/mol. The number of fused-ring (bicyclic) bond motifs is 1. The van der Waals surface area contributed by atoms with Crippen molar-refractivity contribution in [3.05, 3.63) is 23.8 Å². The van der Waals surface area contributed by atoms with Crippen molar-refractivity contribution in [1.82, 2.24) is 5.32 Å². The molecule has 1 fully saturated rings. The van der Waals surface area contributed by atoms with E-state index in [1.807, 2.05) is 11.8 Å². The highest BCUT2D eigenvalue weighted by Crippen LogP contribution is 2.34. The number of thioether (sulfide) groups is 1. The standard InChI is InChI=1S/C12H16N2S/c1-2-10(13-5-1)9-3-4-12-11(8-9)14-6-7-15-12/h3-4,8,10,13-14H,1-2,5-7H2. The first-order valence-corrected chi connectivity index (χ1v) is 6.66. The molecule has 1 aromatic rings. The number of benzene rings is 1. The van der Waals surface area contributed by atoms with Crippen LogP contribution in [0.5, 0.6) is 0 Å². The van der Waals surface area contributed by atoms with Crippen molar-refractivity contribution in [3.8, 4) is 0 Å². The molecule has 2 nitrogen and oxygen atoms in total. The molecule has 0 radical (unpaired) electrons. The Bertz CT molecular complexity index is 359. The lowest BCUT2D eigenvalue weighted by Crippen LogP contribution is -2.15. The molecular formula is C12H16N2S. The number of hydrogen-bond donors (Lipinski definition) is 2. The fourth-order valence-electron chi connectivity index (χ4n) is 2.34. The molecule has 1 saturated heterocycles. The first kappa shape index (κ1) is 9.55. The zero-order chi connectivity index (χ0) is 10.1. The molecular weight excluding hydrogens is 204 g/mol. The number of anilines is 1. The van der Waals surface area contributed by atoms with Gasteiger partial charge in [-0.1, -0.05) is 6.07 Å². The van der Waals surface area contributed by atoms with Gasteiger partial charge in [0.2, 0.25) is 0 Å². The molecule has 15 heavy (non-hydrogen) atoms. The first-order chi connectivity index (χ1) is 7.43. The Labute approximate surface area is 94.8 Å². The van der Waals surface area contributed by atoms with Gasteiger partial charge in [-0.05, 0) is 37.1 Å². The summed E-state index contributed by atoms with van der Waals surface area (Å²) >= 11 is 1.96. The van der Waals surface area contributed by atoms with Crippen LogP contribution < -0.4 is 10.6 Å². The van der Waals surface area contributed by atoms with E-state index in [2.05, 4.69) is 28.8 Å². The van der Waals surface area contributed by atoms with Crippen LogP contribution >= 0.6 is 11.8 Å². The molecule has 1 atom stereocenters. The van der Waals surface area contributed by atoms with Crippen molar-refractivity contribution in [2.75, 3.05) is 24.2 Å². The Balaban J connectivity index is 1.89. The minimum atomic E-state index is 0.587. The van der Waals surface area contributed by atoms with Crippen LogP contribution in [-0.4, -0.2) is 18.8 Å². The molecule has 3 rings (SSSR count). The average molecular weight is 220 g/mol. The zero-order valence-corrected chi connectivity index (χ0v) is 9.57. The van der Waals surface area contributed by atoms with Gasteiger partial charge in [0.15, 0.2) is 0 Å². The van der Waals surface area contributed by atoms with Crippen molar-refractivity contribution in [2.24, 2.45) is 0 Å². The Morgan fingerprint density at radius 2 is 2.27 bits per heavy atom.